The highest BCUT2D eigenvalue weighted by molar-refractivity contribution is 9.10. The van der Waals surface area contributed by atoms with Crippen LogP contribution in [-0.2, 0) is 6.42 Å². The van der Waals surface area contributed by atoms with E-state index in [0.717, 1.165) is 22.0 Å². The molecule has 1 amide bonds. The maximum atomic E-state index is 13.0. The van der Waals surface area contributed by atoms with Gasteiger partial charge in [-0.3, -0.25) is 9.59 Å². The van der Waals surface area contributed by atoms with Crippen LogP contribution in [0.5, 0.6) is 0 Å². The minimum Gasteiger partial charge on any atom is -0.343 e. The van der Waals surface area contributed by atoms with Gasteiger partial charge < -0.3 is 9.88 Å². The summed E-state index contributed by atoms with van der Waals surface area (Å²) in [5.41, 5.74) is 3.92. The first kappa shape index (κ1) is 18.0. The highest BCUT2D eigenvalue weighted by Gasteiger charge is 2.25. The summed E-state index contributed by atoms with van der Waals surface area (Å²) in [5.74, 6) is 0.0572. The van der Waals surface area contributed by atoms with Crippen LogP contribution in [0, 0.1) is 0 Å². The van der Waals surface area contributed by atoms with E-state index < -0.39 is 0 Å². The smallest absolute Gasteiger partial charge is 0.261 e. The molecule has 4 nitrogen and oxygen atoms in total. The van der Waals surface area contributed by atoms with E-state index in [1.54, 1.807) is 6.20 Å². The molecule has 0 aliphatic carbocycles. The van der Waals surface area contributed by atoms with Crippen molar-refractivity contribution >= 4 is 38.4 Å². The third kappa shape index (κ3) is 3.10. The number of amides is 1. The third-order valence-corrected chi connectivity index (χ3v) is 5.70. The van der Waals surface area contributed by atoms with Gasteiger partial charge in [0.15, 0.2) is 0 Å². The largest absolute Gasteiger partial charge is 0.343 e. The van der Waals surface area contributed by atoms with Gasteiger partial charge in [0.25, 0.3) is 5.91 Å². The molecule has 1 aliphatic heterocycles. The van der Waals surface area contributed by atoms with Crippen molar-refractivity contribution < 1.29 is 4.79 Å². The van der Waals surface area contributed by atoms with Crippen LogP contribution < -0.4 is 10.7 Å². The van der Waals surface area contributed by atoms with Crippen LogP contribution in [0.4, 0.5) is 5.69 Å². The number of carbonyl (C=O) groups is 1. The van der Waals surface area contributed by atoms with Gasteiger partial charge in [-0.05, 0) is 54.7 Å². The first-order valence-electron chi connectivity index (χ1n) is 9.13. The summed E-state index contributed by atoms with van der Waals surface area (Å²) in [5, 5.41) is 3.45. The summed E-state index contributed by atoms with van der Waals surface area (Å²) in [6, 6.07) is 11.8. The van der Waals surface area contributed by atoms with Crippen molar-refractivity contribution in [1.82, 2.24) is 4.57 Å². The van der Waals surface area contributed by atoms with E-state index in [0.29, 0.717) is 17.0 Å². The highest BCUT2D eigenvalue weighted by Crippen LogP contribution is 2.33. The summed E-state index contributed by atoms with van der Waals surface area (Å²) < 4.78 is 2.92. The summed E-state index contributed by atoms with van der Waals surface area (Å²) >= 11 is 3.49. The molecule has 0 bridgehead atoms. The van der Waals surface area contributed by atoms with Crippen LogP contribution in [0.1, 0.15) is 54.2 Å². The molecule has 5 heteroatoms. The second-order valence-corrected chi connectivity index (χ2v) is 8.44. The van der Waals surface area contributed by atoms with E-state index in [9.17, 15) is 9.59 Å². The molecule has 4 rings (SSSR count). The number of hydrogen-bond acceptors (Lipinski definition) is 2. The van der Waals surface area contributed by atoms with E-state index in [4.69, 9.17) is 0 Å². The van der Waals surface area contributed by atoms with E-state index in [1.807, 2.05) is 30.3 Å². The zero-order chi connectivity index (χ0) is 19.3. The Labute approximate surface area is 166 Å². The van der Waals surface area contributed by atoms with Crippen molar-refractivity contribution in [2.45, 2.75) is 39.2 Å². The van der Waals surface area contributed by atoms with Crippen LogP contribution in [0.25, 0.3) is 10.9 Å². The second-order valence-electron chi connectivity index (χ2n) is 7.52. The lowest BCUT2D eigenvalue weighted by atomic mass is 10.0. The number of nitrogens with one attached hydrogen (secondary N) is 1. The quantitative estimate of drug-likeness (QED) is 0.623. The summed E-state index contributed by atoms with van der Waals surface area (Å²) in [6.07, 6.45) is 2.56. The van der Waals surface area contributed by atoms with Crippen LogP contribution in [0.3, 0.4) is 0 Å². The predicted molar refractivity (Wildman–Crippen MR) is 113 cm³/mol. The van der Waals surface area contributed by atoms with Gasteiger partial charge in [-0.1, -0.05) is 41.9 Å². The second kappa shape index (κ2) is 6.64. The van der Waals surface area contributed by atoms with Gasteiger partial charge in [0.05, 0.1) is 5.52 Å². The zero-order valence-electron chi connectivity index (χ0n) is 15.5. The van der Waals surface area contributed by atoms with Gasteiger partial charge in [-0.25, -0.2) is 0 Å². The van der Waals surface area contributed by atoms with Crippen molar-refractivity contribution in [1.29, 1.82) is 0 Å². The van der Waals surface area contributed by atoms with Gasteiger partial charge in [-0.2, -0.15) is 0 Å². The fourth-order valence-electron chi connectivity index (χ4n) is 3.77. The topological polar surface area (TPSA) is 51.1 Å². The van der Waals surface area contributed by atoms with E-state index in [1.165, 1.54) is 5.56 Å². The standard InChI is InChI=1S/C22H21BrN2O2/c1-12(2)14-4-6-17(7-5-14)24-22(27)19-11-25-13(3)8-15-9-16(23)10-18(20(15)25)21(19)26/h4-7,9-13H,8H2,1-3H3,(H,24,27)/t13-/m1/s1. The fourth-order valence-corrected chi connectivity index (χ4v) is 4.28. The molecule has 0 spiro atoms. The number of aromatic nitrogens is 1. The van der Waals surface area contributed by atoms with Crippen molar-refractivity contribution in [3.63, 3.8) is 0 Å². The van der Waals surface area contributed by atoms with Crippen molar-refractivity contribution in [3.05, 3.63) is 74.0 Å². The number of rotatable bonds is 3. The molecule has 0 saturated carbocycles. The summed E-state index contributed by atoms with van der Waals surface area (Å²) in [6.45, 7) is 6.35. The summed E-state index contributed by atoms with van der Waals surface area (Å²) in [7, 11) is 0. The van der Waals surface area contributed by atoms with E-state index in [-0.39, 0.29) is 22.9 Å². The number of benzene rings is 2. The van der Waals surface area contributed by atoms with Gasteiger partial charge in [0.2, 0.25) is 5.43 Å². The van der Waals surface area contributed by atoms with Crippen LogP contribution in [0.2, 0.25) is 0 Å². The molecule has 0 unspecified atom stereocenters. The Bertz CT molecular complexity index is 1110. The van der Waals surface area contributed by atoms with Crippen LogP contribution in [-0.4, -0.2) is 10.5 Å². The minimum atomic E-state index is -0.372. The van der Waals surface area contributed by atoms with Crippen LogP contribution in [0.15, 0.2) is 51.9 Å². The molecule has 0 radical (unpaired) electrons. The van der Waals surface area contributed by atoms with Crippen molar-refractivity contribution in [2.24, 2.45) is 0 Å². The van der Waals surface area contributed by atoms with Crippen LogP contribution >= 0.6 is 15.9 Å². The van der Waals surface area contributed by atoms with Gasteiger partial charge in [0.1, 0.15) is 5.56 Å². The molecule has 1 aromatic heterocycles. The zero-order valence-corrected chi connectivity index (χ0v) is 17.1. The molecule has 138 valence electrons. The fraction of sp³-hybridized carbons (Fsp3) is 0.273. The van der Waals surface area contributed by atoms with Gasteiger partial charge in [-0.15, -0.1) is 0 Å². The Balaban J connectivity index is 1.75. The molecule has 27 heavy (non-hydrogen) atoms. The Kier molecular flexibility index (Phi) is 4.42. The molecular formula is C22H21BrN2O2. The molecular weight excluding hydrogens is 404 g/mol. The van der Waals surface area contributed by atoms with Crippen molar-refractivity contribution in [3.8, 4) is 0 Å². The van der Waals surface area contributed by atoms with Gasteiger partial charge in [0, 0.05) is 27.8 Å². The molecule has 3 aromatic rings. The average Bonchev–Trinajstić information content (AvgIpc) is 2.93. The molecule has 2 aromatic carbocycles. The molecule has 1 atom stereocenters. The number of nitrogens with zero attached hydrogens (tertiary/aromatic N) is 1. The number of hydrogen-bond donors (Lipinski definition) is 1. The summed E-state index contributed by atoms with van der Waals surface area (Å²) in [4.78, 5) is 25.8. The van der Waals surface area contributed by atoms with E-state index in [2.05, 4.69) is 52.7 Å². The maximum Gasteiger partial charge on any atom is 0.261 e. The molecule has 2 heterocycles. The monoisotopic (exact) mass is 424 g/mol. The van der Waals surface area contributed by atoms with Crippen molar-refractivity contribution in [2.75, 3.05) is 5.32 Å². The minimum absolute atomic E-state index is 0.174. The SMILES string of the molecule is CC(C)c1ccc(NC(=O)c2cn3c4c(cc(Br)cc4c2=O)C[C@H]3C)cc1. The lowest BCUT2D eigenvalue weighted by Crippen LogP contribution is -2.23. The molecule has 1 aliphatic rings. The van der Waals surface area contributed by atoms with E-state index >= 15 is 0 Å². The first-order chi connectivity index (χ1) is 12.8. The number of anilines is 1. The third-order valence-electron chi connectivity index (χ3n) is 5.24. The lowest BCUT2D eigenvalue weighted by Gasteiger charge is -2.13. The molecule has 0 fully saturated rings. The lowest BCUT2D eigenvalue weighted by molar-refractivity contribution is 0.102. The normalized spacial score (nSPS) is 15.5. The number of pyridine rings is 1. The Morgan fingerprint density at radius 3 is 2.59 bits per heavy atom. The number of carbonyl (C=O) groups excluding carboxylic acids is 1. The average molecular weight is 425 g/mol. The maximum absolute atomic E-state index is 13.0. The molecule has 1 N–H and O–H groups in total. The Morgan fingerprint density at radius 1 is 1.22 bits per heavy atom. The predicted octanol–water partition coefficient (Wildman–Crippen LogP) is 5.26. The highest BCUT2D eigenvalue weighted by atomic mass is 79.9. The molecule has 0 saturated heterocycles. The van der Waals surface area contributed by atoms with Gasteiger partial charge >= 0.3 is 0 Å². The first-order valence-corrected chi connectivity index (χ1v) is 9.93. The Hall–Kier alpha value is -2.40. The number of halogens is 1. The Morgan fingerprint density at radius 2 is 1.93 bits per heavy atom.